The number of para-hydroxylation sites is 2. The smallest absolute Gasteiger partial charge is 0.312 e. The summed E-state index contributed by atoms with van der Waals surface area (Å²) in [5, 5.41) is 11.6. The first-order valence-corrected chi connectivity index (χ1v) is 11.6. The summed E-state index contributed by atoms with van der Waals surface area (Å²) in [6.45, 7) is 0.862. The first-order valence-electron chi connectivity index (χ1n) is 10.2. The molecule has 0 aliphatic carbocycles. The van der Waals surface area contributed by atoms with Gasteiger partial charge in [-0.2, -0.15) is 4.31 Å². The zero-order chi connectivity index (χ0) is 22.6. The highest BCUT2D eigenvalue weighted by molar-refractivity contribution is 7.89. The fourth-order valence-corrected chi connectivity index (χ4v) is 5.03. The molecule has 8 nitrogen and oxygen atoms in total. The van der Waals surface area contributed by atoms with Crippen LogP contribution in [0.3, 0.4) is 0 Å². The number of hydrogen-bond acceptors (Lipinski definition) is 6. The number of hydrogen-bond donors (Lipinski definition) is 0. The number of nitro groups is 1. The second-order valence-electron chi connectivity index (χ2n) is 7.31. The molecule has 0 radical (unpaired) electrons. The number of benzene rings is 3. The number of ether oxygens (including phenoxy) is 2. The van der Waals surface area contributed by atoms with E-state index in [1.54, 1.807) is 12.1 Å². The van der Waals surface area contributed by atoms with E-state index in [0.717, 1.165) is 18.9 Å². The molecule has 1 aliphatic heterocycles. The monoisotopic (exact) mass is 454 g/mol. The second kappa shape index (κ2) is 9.37. The van der Waals surface area contributed by atoms with Crippen LogP contribution < -0.4 is 9.47 Å². The van der Waals surface area contributed by atoms with E-state index in [0.29, 0.717) is 30.2 Å². The highest BCUT2D eigenvalue weighted by Gasteiger charge is 2.29. The van der Waals surface area contributed by atoms with E-state index >= 15 is 0 Å². The molecular weight excluding hydrogens is 432 g/mol. The van der Waals surface area contributed by atoms with Crippen molar-refractivity contribution in [2.75, 3.05) is 13.1 Å². The molecule has 9 heteroatoms. The molecule has 0 N–H and O–H groups in total. The maximum absolute atomic E-state index is 12.8. The van der Waals surface area contributed by atoms with Crippen molar-refractivity contribution in [3.8, 4) is 17.2 Å². The minimum atomic E-state index is -3.77. The van der Waals surface area contributed by atoms with Crippen LogP contribution in [0.4, 0.5) is 5.69 Å². The first kappa shape index (κ1) is 21.8. The van der Waals surface area contributed by atoms with Crippen molar-refractivity contribution in [3.05, 3.63) is 88.5 Å². The summed E-state index contributed by atoms with van der Waals surface area (Å²) in [4.78, 5) is 10.9. The van der Waals surface area contributed by atoms with Crippen LogP contribution in [0.5, 0.6) is 17.2 Å². The Morgan fingerprint density at radius 3 is 2.31 bits per heavy atom. The van der Waals surface area contributed by atoms with Gasteiger partial charge in [0.15, 0.2) is 5.75 Å². The standard InChI is InChI=1S/C23H22N2O6S/c26-25(27)21-16-20(32(28,29)24-14-6-7-15-24)12-13-23(21)30-17-18-8-4-5-11-22(18)31-19-9-2-1-3-10-19/h1-5,8-13,16H,6-7,14-15,17H2. The van der Waals surface area contributed by atoms with Crippen molar-refractivity contribution in [2.24, 2.45) is 0 Å². The zero-order valence-electron chi connectivity index (χ0n) is 17.2. The molecule has 0 bridgehead atoms. The minimum absolute atomic E-state index is 0.00936. The average molecular weight is 455 g/mol. The van der Waals surface area contributed by atoms with Gasteiger partial charge in [-0.15, -0.1) is 0 Å². The second-order valence-corrected chi connectivity index (χ2v) is 9.25. The fraction of sp³-hybridized carbons (Fsp3) is 0.217. The normalized spacial score (nSPS) is 14.2. The molecule has 0 saturated carbocycles. The summed E-state index contributed by atoms with van der Waals surface area (Å²) in [5.41, 5.74) is 0.297. The quantitative estimate of drug-likeness (QED) is 0.360. The Labute approximate surface area is 186 Å². The molecule has 0 aromatic heterocycles. The maximum atomic E-state index is 12.8. The van der Waals surface area contributed by atoms with Gasteiger partial charge in [0.1, 0.15) is 18.1 Å². The van der Waals surface area contributed by atoms with Gasteiger partial charge in [-0.25, -0.2) is 8.42 Å². The lowest BCUT2D eigenvalue weighted by molar-refractivity contribution is -0.386. The van der Waals surface area contributed by atoms with Gasteiger partial charge >= 0.3 is 5.69 Å². The van der Waals surface area contributed by atoms with Crippen LogP contribution in [0.2, 0.25) is 0 Å². The van der Waals surface area contributed by atoms with E-state index in [1.165, 1.54) is 16.4 Å². The maximum Gasteiger partial charge on any atom is 0.312 e. The third-order valence-corrected chi connectivity index (χ3v) is 7.05. The van der Waals surface area contributed by atoms with E-state index in [9.17, 15) is 18.5 Å². The van der Waals surface area contributed by atoms with Gasteiger partial charge in [-0.3, -0.25) is 10.1 Å². The van der Waals surface area contributed by atoms with Gasteiger partial charge in [-0.05, 0) is 43.2 Å². The Balaban J connectivity index is 1.56. The number of nitro benzene ring substituents is 1. The van der Waals surface area contributed by atoms with Gasteiger partial charge < -0.3 is 9.47 Å². The van der Waals surface area contributed by atoms with Crippen molar-refractivity contribution in [2.45, 2.75) is 24.3 Å². The van der Waals surface area contributed by atoms with Crippen LogP contribution in [0.15, 0.2) is 77.7 Å². The molecule has 166 valence electrons. The molecule has 3 aromatic carbocycles. The molecule has 0 spiro atoms. The Kier molecular flexibility index (Phi) is 6.38. The summed E-state index contributed by atoms with van der Waals surface area (Å²) >= 11 is 0. The zero-order valence-corrected chi connectivity index (χ0v) is 18.0. The van der Waals surface area contributed by atoms with Crippen LogP contribution in [0.1, 0.15) is 18.4 Å². The molecule has 1 fully saturated rings. The van der Waals surface area contributed by atoms with E-state index in [1.807, 2.05) is 42.5 Å². The lowest BCUT2D eigenvalue weighted by atomic mass is 10.2. The number of rotatable bonds is 8. The van der Waals surface area contributed by atoms with Crippen LogP contribution in [-0.2, 0) is 16.6 Å². The van der Waals surface area contributed by atoms with Crippen LogP contribution in [0, 0.1) is 10.1 Å². The van der Waals surface area contributed by atoms with Crippen LogP contribution in [-0.4, -0.2) is 30.7 Å². The summed E-state index contributed by atoms with van der Waals surface area (Å²) in [5.74, 6) is 1.21. The number of sulfonamides is 1. The molecule has 1 saturated heterocycles. The van der Waals surface area contributed by atoms with Crippen molar-refractivity contribution >= 4 is 15.7 Å². The highest BCUT2D eigenvalue weighted by Crippen LogP contribution is 2.33. The number of nitrogens with zero attached hydrogens (tertiary/aromatic N) is 2. The van der Waals surface area contributed by atoms with Gasteiger partial charge in [0.25, 0.3) is 0 Å². The largest absolute Gasteiger partial charge is 0.482 e. The minimum Gasteiger partial charge on any atom is -0.482 e. The Morgan fingerprint density at radius 1 is 0.906 bits per heavy atom. The van der Waals surface area contributed by atoms with Crippen molar-refractivity contribution in [3.63, 3.8) is 0 Å². The van der Waals surface area contributed by atoms with Crippen molar-refractivity contribution in [1.82, 2.24) is 4.31 Å². The average Bonchev–Trinajstić information content (AvgIpc) is 3.35. The van der Waals surface area contributed by atoms with Crippen molar-refractivity contribution < 1.29 is 22.8 Å². The topological polar surface area (TPSA) is 99.0 Å². The van der Waals surface area contributed by atoms with Gasteiger partial charge in [0, 0.05) is 24.7 Å². The van der Waals surface area contributed by atoms with Crippen LogP contribution >= 0.6 is 0 Å². The highest BCUT2D eigenvalue weighted by atomic mass is 32.2. The van der Waals surface area contributed by atoms with E-state index in [-0.39, 0.29) is 17.3 Å². The molecular formula is C23H22N2O6S. The van der Waals surface area contributed by atoms with Crippen LogP contribution in [0.25, 0.3) is 0 Å². The molecule has 0 atom stereocenters. The predicted octanol–water partition coefficient (Wildman–Crippen LogP) is 4.75. The molecule has 1 heterocycles. The molecule has 0 unspecified atom stereocenters. The van der Waals surface area contributed by atoms with Gasteiger partial charge in [-0.1, -0.05) is 36.4 Å². The van der Waals surface area contributed by atoms with Gasteiger partial charge in [0.2, 0.25) is 10.0 Å². The molecule has 4 rings (SSSR count). The van der Waals surface area contributed by atoms with Gasteiger partial charge in [0.05, 0.1) is 9.82 Å². The summed E-state index contributed by atoms with van der Waals surface area (Å²) in [6.07, 6.45) is 1.57. The van der Waals surface area contributed by atoms with E-state index in [2.05, 4.69) is 0 Å². The van der Waals surface area contributed by atoms with E-state index < -0.39 is 20.6 Å². The summed E-state index contributed by atoms with van der Waals surface area (Å²) in [7, 11) is -3.77. The third kappa shape index (κ3) is 4.74. The summed E-state index contributed by atoms with van der Waals surface area (Å²) in [6, 6.07) is 20.2. The first-order chi connectivity index (χ1) is 15.4. The summed E-state index contributed by atoms with van der Waals surface area (Å²) < 4.78 is 38.5. The predicted molar refractivity (Wildman–Crippen MR) is 118 cm³/mol. The Hall–Kier alpha value is -3.43. The molecule has 1 aliphatic rings. The van der Waals surface area contributed by atoms with Crippen molar-refractivity contribution in [1.29, 1.82) is 0 Å². The lowest BCUT2D eigenvalue weighted by Crippen LogP contribution is -2.27. The molecule has 3 aromatic rings. The molecule has 0 amide bonds. The Morgan fingerprint density at radius 2 is 1.59 bits per heavy atom. The molecule has 32 heavy (non-hydrogen) atoms. The lowest BCUT2D eigenvalue weighted by Gasteiger charge is -2.16. The fourth-order valence-electron chi connectivity index (χ4n) is 3.49. The Bertz CT molecular complexity index is 1210. The van der Waals surface area contributed by atoms with E-state index in [4.69, 9.17) is 9.47 Å². The SMILES string of the molecule is O=[N+]([O-])c1cc(S(=O)(=O)N2CCCC2)ccc1OCc1ccccc1Oc1ccccc1. The third-order valence-electron chi connectivity index (χ3n) is 5.16.